The van der Waals surface area contributed by atoms with Gasteiger partial charge >= 0.3 is 7.12 Å². The maximum Gasteiger partial charge on any atom is 0.492 e. The average Bonchev–Trinajstić information content (AvgIpc) is 2.41. The van der Waals surface area contributed by atoms with Crippen molar-refractivity contribution in [3.8, 4) is 5.75 Å². The lowest BCUT2D eigenvalue weighted by Crippen LogP contribution is -2.34. The minimum atomic E-state index is -1.47. The molecule has 2 unspecified atom stereocenters. The van der Waals surface area contributed by atoms with Gasteiger partial charge in [0.2, 0.25) is 0 Å². The molecule has 19 heavy (non-hydrogen) atoms. The van der Waals surface area contributed by atoms with E-state index in [2.05, 4.69) is 6.92 Å². The van der Waals surface area contributed by atoms with Crippen molar-refractivity contribution in [3.05, 3.63) is 23.8 Å². The molecule has 0 bridgehead atoms. The van der Waals surface area contributed by atoms with Crippen LogP contribution in [-0.2, 0) is 0 Å². The second-order valence-electron chi connectivity index (χ2n) is 5.60. The Morgan fingerprint density at radius 3 is 2.79 bits per heavy atom. The molecule has 2 rings (SSSR count). The summed E-state index contributed by atoms with van der Waals surface area (Å²) in [5, 5.41) is 18.9. The Bertz CT molecular complexity index is 420. The highest BCUT2D eigenvalue weighted by molar-refractivity contribution is 6.59. The van der Waals surface area contributed by atoms with Crippen LogP contribution in [0.25, 0.3) is 0 Å². The predicted molar refractivity (Wildman–Crippen MR) is 77.7 cm³/mol. The quantitative estimate of drug-likeness (QED) is 0.816. The van der Waals surface area contributed by atoms with Gasteiger partial charge in [-0.3, -0.25) is 0 Å². The van der Waals surface area contributed by atoms with Crippen LogP contribution in [0.3, 0.4) is 0 Å². The second kappa shape index (κ2) is 6.44. The smallest absolute Gasteiger partial charge is 0.491 e. The van der Waals surface area contributed by atoms with Crippen molar-refractivity contribution in [2.75, 3.05) is 0 Å². The van der Waals surface area contributed by atoms with Crippen molar-refractivity contribution in [2.45, 2.75) is 52.1 Å². The van der Waals surface area contributed by atoms with Crippen LogP contribution in [0.15, 0.2) is 18.2 Å². The van der Waals surface area contributed by atoms with Crippen molar-refractivity contribution in [2.24, 2.45) is 5.92 Å². The van der Waals surface area contributed by atoms with E-state index in [9.17, 15) is 10.0 Å². The van der Waals surface area contributed by atoms with Crippen LogP contribution in [0.1, 0.15) is 44.6 Å². The molecule has 0 aliphatic heterocycles. The van der Waals surface area contributed by atoms with Gasteiger partial charge in [0.25, 0.3) is 0 Å². The fourth-order valence-corrected chi connectivity index (χ4v) is 2.88. The van der Waals surface area contributed by atoms with E-state index in [0.717, 1.165) is 24.3 Å². The van der Waals surface area contributed by atoms with Gasteiger partial charge in [0.15, 0.2) is 0 Å². The Labute approximate surface area is 115 Å². The van der Waals surface area contributed by atoms with Gasteiger partial charge in [0, 0.05) is 5.46 Å². The van der Waals surface area contributed by atoms with Crippen LogP contribution >= 0.6 is 0 Å². The molecule has 0 spiro atoms. The molecule has 4 heteroatoms. The van der Waals surface area contributed by atoms with Crippen molar-refractivity contribution in [3.63, 3.8) is 0 Å². The lowest BCUT2D eigenvalue weighted by Gasteiger charge is -2.29. The van der Waals surface area contributed by atoms with Gasteiger partial charge < -0.3 is 14.8 Å². The fraction of sp³-hybridized carbons (Fsp3) is 0.600. The monoisotopic (exact) mass is 262 g/mol. The van der Waals surface area contributed by atoms with E-state index in [-0.39, 0.29) is 6.10 Å². The minimum Gasteiger partial charge on any atom is -0.491 e. The molecule has 0 radical (unpaired) electrons. The molecule has 1 saturated carbocycles. The molecule has 1 aromatic rings. The highest BCUT2D eigenvalue weighted by Gasteiger charge is 2.24. The SMILES string of the molecule is CCC1CCCC(Oc2ccc(C)cc2B(O)O)C1. The Balaban J connectivity index is 2.10. The molecule has 0 heterocycles. The first-order valence-electron chi connectivity index (χ1n) is 7.23. The molecule has 3 nitrogen and oxygen atoms in total. The first kappa shape index (κ1) is 14.4. The molecule has 1 aliphatic rings. The van der Waals surface area contributed by atoms with Gasteiger partial charge in [0.05, 0.1) is 6.10 Å². The lowest BCUT2D eigenvalue weighted by molar-refractivity contribution is 0.123. The van der Waals surface area contributed by atoms with Crippen LogP contribution < -0.4 is 10.2 Å². The van der Waals surface area contributed by atoms with Crippen LogP contribution in [-0.4, -0.2) is 23.3 Å². The van der Waals surface area contributed by atoms with Crippen LogP contribution in [0.5, 0.6) is 5.75 Å². The Kier molecular flexibility index (Phi) is 4.89. The van der Waals surface area contributed by atoms with Crippen LogP contribution in [0, 0.1) is 12.8 Å². The molecule has 1 fully saturated rings. The molecular formula is C15H23BO3. The van der Waals surface area contributed by atoms with Gasteiger partial charge in [-0.2, -0.15) is 0 Å². The van der Waals surface area contributed by atoms with Gasteiger partial charge in [-0.1, -0.05) is 37.5 Å². The minimum absolute atomic E-state index is 0.207. The molecule has 2 atom stereocenters. The summed E-state index contributed by atoms with van der Waals surface area (Å²) < 4.78 is 6.01. The maximum absolute atomic E-state index is 9.43. The zero-order chi connectivity index (χ0) is 13.8. The maximum atomic E-state index is 9.43. The van der Waals surface area contributed by atoms with Gasteiger partial charge in [-0.05, 0) is 38.2 Å². The third kappa shape index (κ3) is 3.74. The van der Waals surface area contributed by atoms with E-state index in [1.54, 1.807) is 6.07 Å². The van der Waals surface area contributed by atoms with E-state index in [1.807, 2.05) is 19.1 Å². The van der Waals surface area contributed by atoms with E-state index < -0.39 is 7.12 Å². The summed E-state index contributed by atoms with van der Waals surface area (Å²) in [6.07, 6.45) is 6.03. The third-order valence-electron chi connectivity index (χ3n) is 4.05. The molecule has 0 amide bonds. The standard InChI is InChI=1S/C15H23BO3/c1-3-12-5-4-6-13(10-12)19-15-8-7-11(2)9-14(15)16(17)18/h7-9,12-13,17-18H,3-6,10H2,1-2H3. The first-order chi connectivity index (χ1) is 9.10. The number of benzene rings is 1. The summed E-state index contributed by atoms with van der Waals surface area (Å²) in [6.45, 7) is 4.16. The number of hydrogen-bond acceptors (Lipinski definition) is 3. The largest absolute Gasteiger partial charge is 0.492 e. The molecule has 0 aromatic heterocycles. The number of ether oxygens (including phenoxy) is 1. The molecular weight excluding hydrogens is 239 g/mol. The normalized spacial score (nSPS) is 23.2. The van der Waals surface area contributed by atoms with Gasteiger partial charge in [-0.25, -0.2) is 0 Å². The van der Waals surface area contributed by atoms with Gasteiger partial charge in [0.1, 0.15) is 5.75 Å². The van der Waals surface area contributed by atoms with Crippen LogP contribution in [0.2, 0.25) is 0 Å². The van der Waals surface area contributed by atoms with Crippen molar-refractivity contribution >= 4 is 12.6 Å². The average molecular weight is 262 g/mol. The molecule has 1 aliphatic carbocycles. The number of hydrogen-bond donors (Lipinski definition) is 2. The van der Waals surface area contributed by atoms with Crippen molar-refractivity contribution in [1.82, 2.24) is 0 Å². The van der Waals surface area contributed by atoms with E-state index >= 15 is 0 Å². The fourth-order valence-electron chi connectivity index (χ4n) is 2.88. The Morgan fingerprint density at radius 1 is 1.32 bits per heavy atom. The van der Waals surface area contributed by atoms with E-state index in [1.165, 1.54) is 19.3 Å². The summed E-state index contributed by atoms with van der Waals surface area (Å²) in [5.74, 6) is 1.36. The lowest BCUT2D eigenvalue weighted by atomic mass is 9.78. The van der Waals surface area contributed by atoms with Crippen molar-refractivity contribution < 1.29 is 14.8 Å². The van der Waals surface area contributed by atoms with E-state index in [4.69, 9.17) is 4.74 Å². The first-order valence-corrected chi connectivity index (χ1v) is 7.23. The summed E-state index contributed by atoms with van der Waals surface area (Å²) in [5.41, 5.74) is 1.48. The summed E-state index contributed by atoms with van der Waals surface area (Å²) >= 11 is 0. The Hall–Kier alpha value is -0.995. The predicted octanol–water partition coefficient (Wildman–Crippen LogP) is 2.02. The molecule has 0 saturated heterocycles. The van der Waals surface area contributed by atoms with Gasteiger partial charge in [-0.15, -0.1) is 0 Å². The van der Waals surface area contributed by atoms with Crippen molar-refractivity contribution in [1.29, 1.82) is 0 Å². The number of rotatable bonds is 4. The van der Waals surface area contributed by atoms with E-state index in [0.29, 0.717) is 11.2 Å². The molecule has 1 aromatic carbocycles. The molecule has 2 N–H and O–H groups in total. The topological polar surface area (TPSA) is 49.7 Å². The number of aryl methyl sites for hydroxylation is 1. The highest BCUT2D eigenvalue weighted by atomic mass is 16.5. The zero-order valence-corrected chi connectivity index (χ0v) is 11.8. The van der Waals surface area contributed by atoms with Crippen LogP contribution in [0.4, 0.5) is 0 Å². The summed E-state index contributed by atoms with van der Waals surface area (Å²) in [7, 11) is -1.47. The third-order valence-corrected chi connectivity index (χ3v) is 4.05. The summed E-state index contributed by atoms with van der Waals surface area (Å²) in [6, 6.07) is 5.57. The second-order valence-corrected chi connectivity index (χ2v) is 5.60. The summed E-state index contributed by atoms with van der Waals surface area (Å²) in [4.78, 5) is 0. The highest BCUT2D eigenvalue weighted by Crippen LogP contribution is 2.29. The Morgan fingerprint density at radius 2 is 2.11 bits per heavy atom. The zero-order valence-electron chi connectivity index (χ0n) is 11.8. The molecule has 104 valence electrons.